The summed E-state index contributed by atoms with van der Waals surface area (Å²) in [4.78, 5) is 11.6. The molecule has 2 nitrogen and oxygen atoms in total. The van der Waals surface area contributed by atoms with Crippen molar-refractivity contribution in [1.29, 1.82) is 0 Å². The fraction of sp³-hybridized carbons (Fsp3) is 0.211. The van der Waals surface area contributed by atoms with E-state index in [9.17, 15) is 22.4 Å². The molecule has 1 unspecified atom stereocenters. The number of alkyl halides is 3. The molecular formula is C19H14Cl2F4O2. The number of esters is 1. The maximum Gasteiger partial charge on any atom is 0.399 e. The van der Waals surface area contributed by atoms with Gasteiger partial charge in [-0.05, 0) is 48.4 Å². The fourth-order valence-electron chi connectivity index (χ4n) is 2.38. The SMILES string of the molecule is CCOC(=O)c1ccc(/C=C/C(c2cc(Cl)cc(Cl)c2)C(F)(F)F)cc1F. The van der Waals surface area contributed by atoms with Crippen LogP contribution in [0.15, 0.2) is 42.5 Å². The molecule has 0 bridgehead atoms. The molecule has 0 saturated carbocycles. The lowest BCUT2D eigenvalue weighted by atomic mass is 9.97. The third kappa shape index (κ3) is 5.71. The van der Waals surface area contributed by atoms with E-state index in [2.05, 4.69) is 0 Å². The van der Waals surface area contributed by atoms with E-state index in [1.807, 2.05) is 0 Å². The van der Waals surface area contributed by atoms with E-state index >= 15 is 0 Å². The Labute approximate surface area is 163 Å². The molecule has 0 N–H and O–H groups in total. The molecule has 0 amide bonds. The molecule has 0 radical (unpaired) electrons. The topological polar surface area (TPSA) is 26.3 Å². The zero-order valence-corrected chi connectivity index (χ0v) is 15.5. The number of halogens is 6. The monoisotopic (exact) mass is 420 g/mol. The maximum atomic E-state index is 14.0. The second-order valence-corrected chi connectivity index (χ2v) is 6.41. The van der Waals surface area contributed by atoms with Gasteiger partial charge in [-0.2, -0.15) is 13.2 Å². The molecule has 8 heteroatoms. The Morgan fingerprint density at radius 1 is 1.15 bits per heavy atom. The van der Waals surface area contributed by atoms with Gasteiger partial charge in [-0.1, -0.05) is 41.4 Å². The van der Waals surface area contributed by atoms with Crippen LogP contribution in [0, 0.1) is 5.82 Å². The van der Waals surface area contributed by atoms with E-state index in [0.29, 0.717) is 0 Å². The molecule has 0 aliphatic carbocycles. The Kier molecular flexibility index (Phi) is 6.89. The summed E-state index contributed by atoms with van der Waals surface area (Å²) in [6.45, 7) is 1.65. The molecule has 0 fully saturated rings. The van der Waals surface area contributed by atoms with Crippen LogP contribution in [0.2, 0.25) is 10.0 Å². The number of hydrogen-bond donors (Lipinski definition) is 0. The van der Waals surface area contributed by atoms with Gasteiger partial charge >= 0.3 is 12.1 Å². The summed E-state index contributed by atoms with van der Waals surface area (Å²) in [7, 11) is 0. The standard InChI is InChI=1S/C19H14Cl2F4O2/c1-2-27-18(26)15-5-3-11(7-17(15)22)4-6-16(19(23,24)25)12-8-13(20)10-14(21)9-12/h3-10,16H,2H2,1H3/b6-4+. The van der Waals surface area contributed by atoms with Crippen molar-refractivity contribution in [2.24, 2.45) is 0 Å². The predicted molar refractivity (Wildman–Crippen MR) is 96.6 cm³/mol. The number of carbonyl (C=O) groups excluding carboxylic acids is 1. The first-order chi connectivity index (χ1) is 12.6. The summed E-state index contributed by atoms with van der Waals surface area (Å²) in [6, 6.07) is 7.10. The maximum absolute atomic E-state index is 14.0. The molecule has 2 rings (SSSR count). The van der Waals surface area contributed by atoms with Crippen molar-refractivity contribution in [2.75, 3.05) is 6.61 Å². The largest absolute Gasteiger partial charge is 0.462 e. The van der Waals surface area contributed by atoms with Crippen molar-refractivity contribution in [3.63, 3.8) is 0 Å². The van der Waals surface area contributed by atoms with Crippen molar-refractivity contribution in [3.8, 4) is 0 Å². The molecule has 144 valence electrons. The van der Waals surface area contributed by atoms with Crippen molar-refractivity contribution < 1.29 is 27.1 Å². The Morgan fingerprint density at radius 2 is 1.78 bits per heavy atom. The lowest BCUT2D eigenvalue weighted by Crippen LogP contribution is -2.18. The lowest BCUT2D eigenvalue weighted by Gasteiger charge is -2.18. The van der Waals surface area contributed by atoms with Gasteiger partial charge in [-0.3, -0.25) is 0 Å². The van der Waals surface area contributed by atoms with Gasteiger partial charge in [0, 0.05) is 10.0 Å². The molecule has 2 aromatic carbocycles. The van der Waals surface area contributed by atoms with Gasteiger partial charge < -0.3 is 4.74 Å². The summed E-state index contributed by atoms with van der Waals surface area (Å²) in [5.74, 6) is -3.71. The number of rotatable bonds is 5. The molecule has 0 aliphatic heterocycles. The fourth-order valence-corrected chi connectivity index (χ4v) is 2.92. The van der Waals surface area contributed by atoms with E-state index < -0.39 is 23.9 Å². The number of ether oxygens (including phenoxy) is 1. The van der Waals surface area contributed by atoms with E-state index in [1.165, 1.54) is 24.3 Å². The van der Waals surface area contributed by atoms with Crippen LogP contribution in [0.3, 0.4) is 0 Å². The van der Waals surface area contributed by atoms with E-state index in [-0.39, 0.29) is 33.3 Å². The average molecular weight is 421 g/mol. The number of hydrogen-bond acceptors (Lipinski definition) is 2. The highest BCUT2D eigenvalue weighted by atomic mass is 35.5. The minimum absolute atomic E-state index is 0.0741. The van der Waals surface area contributed by atoms with Gasteiger partial charge in [0.15, 0.2) is 0 Å². The quantitative estimate of drug-likeness (QED) is 0.398. The predicted octanol–water partition coefficient (Wildman–Crippen LogP) is 6.67. The van der Waals surface area contributed by atoms with Gasteiger partial charge in [0.1, 0.15) is 5.82 Å². The molecule has 0 aliphatic rings. The third-order valence-corrected chi connectivity index (χ3v) is 4.00. The summed E-state index contributed by atoms with van der Waals surface area (Å²) in [5.41, 5.74) is -0.272. The third-order valence-electron chi connectivity index (χ3n) is 3.57. The Bertz CT molecular complexity index is 843. The summed E-state index contributed by atoms with van der Waals surface area (Å²) < 4.78 is 59.0. The van der Waals surface area contributed by atoms with E-state index in [4.69, 9.17) is 27.9 Å². The first-order valence-corrected chi connectivity index (χ1v) is 8.55. The van der Waals surface area contributed by atoms with Crippen LogP contribution in [-0.2, 0) is 4.74 Å². The minimum Gasteiger partial charge on any atom is -0.462 e. The van der Waals surface area contributed by atoms with Crippen LogP contribution in [-0.4, -0.2) is 18.8 Å². The summed E-state index contributed by atoms with van der Waals surface area (Å²) >= 11 is 11.6. The Balaban J connectivity index is 2.34. The van der Waals surface area contributed by atoms with E-state index in [1.54, 1.807) is 6.92 Å². The molecule has 0 saturated heterocycles. The van der Waals surface area contributed by atoms with Crippen LogP contribution in [0.25, 0.3) is 6.08 Å². The zero-order valence-electron chi connectivity index (χ0n) is 14.0. The highest BCUT2D eigenvalue weighted by Gasteiger charge is 2.39. The highest BCUT2D eigenvalue weighted by Crippen LogP contribution is 2.38. The number of allylic oxidation sites excluding steroid dienone is 1. The van der Waals surface area contributed by atoms with Crippen LogP contribution in [0.1, 0.15) is 34.3 Å². The van der Waals surface area contributed by atoms with Crippen LogP contribution in [0.4, 0.5) is 17.6 Å². The molecular weight excluding hydrogens is 407 g/mol. The van der Waals surface area contributed by atoms with Crippen LogP contribution in [0.5, 0.6) is 0 Å². The lowest BCUT2D eigenvalue weighted by molar-refractivity contribution is -0.139. The minimum atomic E-state index is -4.60. The van der Waals surface area contributed by atoms with Gasteiger partial charge in [-0.15, -0.1) is 0 Å². The summed E-state index contributed by atoms with van der Waals surface area (Å²) in [6.07, 6.45) is -2.61. The molecule has 27 heavy (non-hydrogen) atoms. The second kappa shape index (κ2) is 8.76. The van der Waals surface area contributed by atoms with Gasteiger partial charge in [-0.25, -0.2) is 9.18 Å². The first kappa shape index (κ1) is 21.3. The molecule has 0 spiro atoms. The zero-order chi connectivity index (χ0) is 20.2. The molecule has 0 heterocycles. The normalized spacial score (nSPS) is 13.0. The first-order valence-electron chi connectivity index (χ1n) is 7.79. The second-order valence-electron chi connectivity index (χ2n) is 5.54. The van der Waals surface area contributed by atoms with Crippen LogP contribution >= 0.6 is 23.2 Å². The Morgan fingerprint density at radius 3 is 2.30 bits per heavy atom. The summed E-state index contributed by atoms with van der Waals surface area (Å²) in [5, 5.41) is 0.148. The molecule has 1 atom stereocenters. The van der Waals surface area contributed by atoms with Crippen molar-refractivity contribution in [3.05, 3.63) is 75.0 Å². The van der Waals surface area contributed by atoms with Gasteiger partial charge in [0.2, 0.25) is 0 Å². The van der Waals surface area contributed by atoms with Crippen molar-refractivity contribution in [2.45, 2.75) is 19.0 Å². The van der Waals surface area contributed by atoms with Crippen molar-refractivity contribution >= 4 is 35.2 Å². The van der Waals surface area contributed by atoms with E-state index in [0.717, 1.165) is 24.3 Å². The molecule has 2 aromatic rings. The number of carbonyl (C=O) groups is 1. The molecule has 0 aromatic heterocycles. The smallest absolute Gasteiger partial charge is 0.399 e. The number of benzene rings is 2. The van der Waals surface area contributed by atoms with Crippen LogP contribution < -0.4 is 0 Å². The highest BCUT2D eigenvalue weighted by molar-refractivity contribution is 6.34. The van der Waals surface area contributed by atoms with Gasteiger partial charge in [0.25, 0.3) is 0 Å². The average Bonchev–Trinajstić information content (AvgIpc) is 2.53. The Hall–Kier alpha value is -2.05. The van der Waals surface area contributed by atoms with Crippen molar-refractivity contribution in [1.82, 2.24) is 0 Å². The van der Waals surface area contributed by atoms with Gasteiger partial charge in [0.05, 0.1) is 18.1 Å².